The van der Waals surface area contributed by atoms with Crippen LogP contribution in [0.5, 0.6) is 5.75 Å². The van der Waals surface area contributed by atoms with Gasteiger partial charge in [0, 0.05) is 10.6 Å². The molecule has 0 fully saturated rings. The summed E-state index contributed by atoms with van der Waals surface area (Å²) in [6.07, 6.45) is 0. The van der Waals surface area contributed by atoms with Crippen LogP contribution in [0.2, 0.25) is 10.0 Å². The first-order valence-corrected chi connectivity index (χ1v) is 8.56. The number of carbonyl (C=O) groups excluding carboxylic acids is 1. The number of amides is 1. The quantitative estimate of drug-likeness (QED) is 0.417. The molecule has 0 saturated carbocycles. The predicted octanol–water partition coefficient (Wildman–Crippen LogP) is 5.09. The van der Waals surface area contributed by atoms with E-state index in [1.807, 2.05) is 0 Å². The van der Waals surface area contributed by atoms with Gasteiger partial charge in [0.05, 0.1) is 10.7 Å². The molecule has 0 aliphatic carbocycles. The van der Waals surface area contributed by atoms with Crippen LogP contribution in [0.4, 0.5) is 5.69 Å². The van der Waals surface area contributed by atoms with E-state index in [2.05, 4.69) is 10.6 Å². The van der Waals surface area contributed by atoms with Gasteiger partial charge in [-0.3, -0.25) is 10.1 Å². The van der Waals surface area contributed by atoms with Crippen molar-refractivity contribution in [2.75, 3.05) is 5.32 Å². The van der Waals surface area contributed by atoms with Gasteiger partial charge >= 0.3 is 0 Å². The van der Waals surface area contributed by atoms with Crippen molar-refractivity contribution in [3.8, 4) is 17.1 Å². The number of carbonyl (C=O) groups is 1. The highest BCUT2D eigenvalue weighted by atomic mass is 35.5. The van der Waals surface area contributed by atoms with Gasteiger partial charge in [-0.15, -0.1) is 0 Å². The van der Waals surface area contributed by atoms with Crippen molar-refractivity contribution >= 4 is 52.1 Å². The van der Waals surface area contributed by atoms with E-state index in [1.54, 1.807) is 42.5 Å². The lowest BCUT2D eigenvalue weighted by molar-refractivity contribution is 0.0951. The van der Waals surface area contributed by atoms with Crippen molar-refractivity contribution in [2.24, 2.45) is 0 Å². The summed E-state index contributed by atoms with van der Waals surface area (Å²) < 4.78 is 5.55. The van der Waals surface area contributed by atoms with Crippen LogP contribution >= 0.6 is 35.4 Å². The summed E-state index contributed by atoms with van der Waals surface area (Å²) in [6, 6.07) is 14.6. The maximum atomic E-state index is 12.3. The average molecular weight is 407 g/mol. The summed E-state index contributed by atoms with van der Waals surface area (Å²) in [5.74, 6) is -0.0279. The number of benzene rings is 2. The molecule has 3 aromatic rings. The van der Waals surface area contributed by atoms with Crippen molar-refractivity contribution in [1.82, 2.24) is 5.32 Å². The van der Waals surface area contributed by atoms with E-state index in [0.717, 1.165) is 0 Å². The van der Waals surface area contributed by atoms with E-state index in [0.29, 0.717) is 27.1 Å². The molecule has 8 heteroatoms. The first-order chi connectivity index (χ1) is 12.4. The summed E-state index contributed by atoms with van der Waals surface area (Å²) in [5.41, 5.74) is 0.996. The number of furan rings is 1. The van der Waals surface area contributed by atoms with Gasteiger partial charge in [-0.1, -0.05) is 35.3 Å². The fourth-order valence-electron chi connectivity index (χ4n) is 2.19. The Labute approximate surface area is 164 Å². The van der Waals surface area contributed by atoms with E-state index < -0.39 is 5.91 Å². The normalized spacial score (nSPS) is 10.4. The number of hydrogen-bond acceptors (Lipinski definition) is 4. The van der Waals surface area contributed by atoms with Gasteiger partial charge in [-0.05, 0) is 54.7 Å². The number of rotatable bonds is 3. The van der Waals surface area contributed by atoms with E-state index in [-0.39, 0.29) is 16.6 Å². The van der Waals surface area contributed by atoms with Crippen LogP contribution in [0.3, 0.4) is 0 Å². The van der Waals surface area contributed by atoms with E-state index in [1.165, 1.54) is 12.1 Å². The van der Waals surface area contributed by atoms with Crippen molar-refractivity contribution in [3.63, 3.8) is 0 Å². The van der Waals surface area contributed by atoms with E-state index in [4.69, 9.17) is 39.8 Å². The first-order valence-electron chi connectivity index (χ1n) is 7.39. The van der Waals surface area contributed by atoms with Crippen LogP contribution in [-0.4, -0.2) is 16.1 Å². The molecule has 0 atom stereocenters. The standard InChI is InChI=1S/C18H12Cl2N2O3S/c19-10-5-6-11(12(20)9-10)15-7-8-16(25-15)17(24)22-18(26)21-13-3-1-2-4-14(13)23/h1-9,23H,(H2,21,22,24,26). The molecule has 1 heterocycles. The average Bonchev–Trinajstić information content (AvgIpc) is 3.07. The number of hydrogen-bond donors (Lipinski definition) is 3. The number of anilines is 1. The molecule has 0 aliphatic rings. The second kappa shape index (κ2) is 7.78. The molecule has 1 aromatic heterocycles. The Bertz CT molecular complexity index is 988. The fourth-order valence-corrected chi connectivity index (χ4v) is 2.90. The molecule has 1 amide bonds. The van der Waals surface area contributed by atoms with Gasteiger partial charge in [0.25, 0.3) is 5.91 Å². The number of para-hydroxylation sites is 2. The zero-order chi connectivity index (χ0) is 18.7. The number of thiocarbonyl (C=S) groups is 1. The van der Waals surface area contributed by atoms with Gasteiger partial charge in [-0.2, -0.15) is 0 Å². The molecule has 0 spiro atoms. The SMILES string of the molecule is O=C(NC(=S)Nc1ccccc1O)c1ccc(-c2ccc(Cl)cc2Cl)o1. The Morgan fingerprint density at radius 3 is 2.58 bits per heavy atom. The summed E-state index contributed by atoms with van der Waals surface area (Å²) in [4.78, 5) is 12.3. The third-order valence-corrected chi connectivity index (χ3v) is 4.16. The predicted molar refractivity (Wildman–Crippen MR) is 106 cm³/mol. The minimum Gasteiger partial charge on any atom is -0.506 e. The molecule has 0 saturated heterocycles. The number of phenols is 1. The molecule has 0 radical (unpaired) electrons. The monoisotopic (exact) mass is 406 g/mol. The molecule has 132 valence electrons. The van der Waals surface area contributed by atoms with Gasteiger partial charge in [0.1, 0.15) is 11.5 Å². The van der Waals surface area contributed by atoms with Crippen molar-refractivity contribution < 1.29 is 14.3 Å². The Morgan fingerprint density at radius 1 is 1.08 bits per heavy atom. The maximum absolute atomic E-state index is 12.3. The number of halogens is 2. The molecule has 0 bridgehead atoms. The number of aromatic hydroxyl groups is 1. The second-order valence-corrected chi connectivity index (χ2v) is 6.47. The van der Waals surface area contributed by atoms with E-state index >= 15 is 0 Å². The molecule has 3 N–H and O–H groups in total. The van der Waals surface area contributed by atoms with Crippen LogP contribution in [0.25, 0.3) is 11.3 Å². The third-order valence-electron chi connectivity index (χ3n) is 3.41. The molecule has 3 rings (SSSR count). The Morgan fingerprint density at radius 2 is 1.85 bits per heavy atom. The highest BCUT2D eigenvalue weighted by molar-refractivity contribution is 7.80. The molecular weight excluding hydrogens is 395 g/mol. The van der Waals surface area contributed by atoms with Gasteiger partial charge in [0.15, 0.2) is 10.9 Å². The smallest absolute Gasteiger partial charge is 0.293 e. The van der Waals surface area contributed by atoms with Crippen LogP contribution in [-0.2, 0) is 0 Å². The number of phenolic OH excluding ortho intramolecular Hbond substituents is 1. The summed E-state index contributed by atoms with van der Waals surface area (Å²) >= 11 is 17.1. The zero-order valence-electron chi connectivity index (χ0n) is 13.1. The topological polar surface area (TPSA) is 74.5 Å². The minimum atomic E-state index is -0.533. The zero-order valence-corrected chi connectivity index (χ0v) is 15.5. The first kappa shape index (κ1) is 18.3. The lowest BCUT2D eigenvalue weighted by atomic mass is 10.2. The summed E-state index contributed by atoms with van der Waals surface area (Å²) in [5, 5.41) is 15.9. The highest BCUT2D eigenvalue weighted by Crippen LogP contribution is 2.31. The van der Waals surface area contributed by atoms with Crippen LogP contribution in [0, 0.1) is 0 Å². The lowest BCUT2D eigenvalue weighted by Crippen LogP contribution is -2.33. The van der Waals surface area contributed by atoms with E-state index in [9.17, 15) is 9.90 Å². The van der Waals surface area contributed by atoms with Crippen LogP contribution < -0.4 is 10.6 Å². The van der Waals surface area contributed by atoms with Gasteiger partial charge in [0.2, 0.25) is 0 Å². The minimum absolute atomic E-state index is 0.0155. The van der Waals surface area contributed by atoms with Crippen LogP contribution in [0.15, 0.2) is 59.0 Å². The Hall–Kier alpha value is -2.54. The van der Waals surface area contributed by atoms with Gasteiger partial charge in [-0.25, -0.2) is 0 Å². The molecule has 26 heavy (non-hydrogen) atoms. The van der Waals surface area contributed by atoms with Crippen LogP contribution in [0.1, 0.15) is 10.6 Å². The molecule has 2 aromatic carbocycles. The largest absolute Gasteiger partial charge is 0.506 e. The Kier molecular flexibility index (Phi) is 5.46. The molecule has 5 nitrogen and oxygen atoms in total. The summed E-state index contributed by atoms with van der Waals surface area (Å²) in [6.45, 7) is 0. The fraction of sp³-hybridized carbons (Fsp3) is 0. The molecular formula is C18H12Cl2N2O3S. The van der Waals surface area contributed by atoms with Crippen molar-refractivity contribution in [1.29, 1.82) is 0 Å². The van der Waals surface area contributed by atoms with Crippen molar-refractivity contribution in [2.45, 2.75) is 0 Å². The highest BCUT2D eigenvalue weighted by Gasteiger charge is 2.15. The maximum Gasteiger partial charge on any atom is 0.293 e. The lowest BCUT2D eigenvalue weighted by Gasteiger charge is -2.09. The van der Waals surface area contributed by atoms with Crippen molar-refractivity contribution in [3.05, 3.63) is 70.4 Å². The number of nitrogens with one attached hydrogen (secondary N) is 2. The summed E-state index contributed by atoms with van der Waals surface area (Å²) in [7, 11) is 0. The third kappa shape index (κ3) is 4.16. The molecule has 0 unspecified atom stereocenters. The Balaban J connectivity index is 1.70. The second-order valence-electron chi connectivity index (χ2n) is 5.21. The van der Waals surface area contributed by atoms with Gasteiger partial charge < -0.3 is 14.8 Å². The molecule has 0 aliphatic heterocycles.